The van der Waals surface area contributed by atoms with E-state index in [0.29, 0.717) is 10.9 Å². The van der Waals surface area contributed by atoms with E-state index in [1.807, 2.05) is 12.1 Å². The van der Waals surface area contributed by atoms with Gasteiger partial charge in [-0.3, -0.25) is 14.8 Å². The molecule has 1 N–H and O–H groups in total. The third-order valence-electron chi connectivity index (χ3n) is 6.98. The molecule has 2 aromatic heterocycles. The number of rotatable bonds is 15. The number of carbonyl (C=O) groups excluding carboxylic acids is 1. The van der Waals surface area contributed by atoms with Gasteiger partial charge in [-0.1, -0.05) is 77.7 Å². The van der Waals surface area contributed by atoms with Gasteiger partial charge in [0.15, 0.2) is 0 Å². The van der Waals surface area contributed by atoms with Gasteiger partial charge < -0.3 is 5.32 Å². The van der Waals surface area contributed by atoms with E-state index in [9.17, 15) is 13.6 Å². The maximum absolute atomic E-state index is 14.5. The molecule has 7 heteroatoms. The summed E-state index contributed by atoms with van der Waals surface area (Å²) in [5, 5.41) is 4.25. The molecule has 0 aliphatic heterocycles. The van der Waals surface area contributed by atoms with E-state index >= 15 is 0 Å². The lowest BCUT2D eigenvalue weighted by Crippen LogP contribution is -2.26. The predicted molar refractivity (Wildman–Crippen MR) is 170 cm³/mol. The van der Waals surface area contributed by atoms with Crippen molar-refractivity contribution in [3.8, 4) is 0 Å². The lowest BCUT2D eigenvalue weighted by Gasteiger charge is -2.18. The molecule has 0 saturated heterocycles. The molecule has 0 bridgehead atoms. The first-order valence-electron chi connectivity index (χ1n) is 15.0. The monoisotopic (exact) mass is 579 g/mol. The van der Waals surface area contributed by atoms with Crippen molar-refractivity contribution in [2.24, 2.45) is 0 Å². The molecule has 1 unspecified atom stereocenters. The molecule has 4 aromatic rings. The molecule has 1 amide bonds. The van der Waals surface area contributed by atoms with Gasteiger partial charge >= 0.3 is 0 Å². The number of nitrogens with one attached hydrogen (secondary N) is 1. The van der Waals surface area contributed by atoms with Crippen LogP contribution in [0.1, 0.15) is 84.5 Å². The lowest BCUT2D eigenvalue weighted by atomic mass is 10.1. The molecule has 41 heavy (non-hydrogen) atoms. The molecule has 2 aromatic carbocycles. The summed E-state index contributed by atoms with van der Waals surface area (Å²) in [6.07, 6.45) is 16.2. The number of halogens is 2. The van der Waals surface area contributed by atoms with Crippen LogP contribution in [0.4, 0.5) is 14.5 Å². The zero-order valence-electron chi connectivity index (χ0n) is 24.4. The van der Waals surface area contributed by atoms with Gasteiger partial charge in [-0.25, -0.2) is 8.78 Å². The second-order valence-electron chi connectivity index (χ2n) is 10.3. The number of aromatic nitrogens is 2. The van der Waals surface area contributed by atoms with Gasteiger partial charge in [0, 0.05) is 23.2 Å². The van der Waals surface area contributed by atoms with Crippen LogP contribution in [0.3, 0.4) is 0 Å². The molecule has 220 valence electrons. The third-order valence-corrected chi connectivity index (χ3v) is 8.35. The van der Waals surface area contributed by atoms with E-state index in [-0.39, 0.29) is 22.7 Å². The summed E-state index contributed by atoms with van der Waals surface area (Å²) in [5.41, 5.74) is 1.77. The minimum absolute atomic E-state index is 0.0840. The number of hydrogen-bond donors (Lipinski definition) is 1. The van der Waals surface area contributed by atoms with Crippen molar-refractivity contribution in [3.63, 3.8) is 0 Å². The van der Waals surface area contributed by atoms with Gasteiger partial charge in [-0.05, 0) is 67.1 Å². The Morgan fingerprint density at radius 1 is 0.805 bits per heavy atom. The normalized spacial score (nSPS) is 11.7. The van der Waals surface area contributed by atoms with Crippen molar-refractivity contribution < 1.29 is 13.6 Å². The Hall–Kier alpha value is -3.06. The number of fused-ring (bicyclic) bond motifs is 2. The van der Waals surface area contributed by atoms with Crippen molar-refractivity contribution in [1.82, 2.24) is 9.97 Å². The number of carbonyl (C=O) groups is 1. The Kier molecular flexibility index (Phi) is 14.6. The Bertz CT molecular complexity index is 1350. The van der Waals surface area contributed by atoms with E-state index in [4.69, 9.17) is 0 Å². The molecule has 0 aliphatic carbocycles. The van der Waals surface area contributed by atoms with Crippen LogP contribution in [0.2, 0.25) is 0 Å². The zero-order chi connectivity index (χ0) is 29.3. The Morgan fingerprint density at radius 3 is 2.24 bits per heavy atom. The molecule has 4 nitrogen and oxygen atoms in total. The van der Waals surface area contributed by atoms with Crippen LogP contribution < -0.4 is 5.32 Å². The minimum Gasteiger partial charge on any atom is -0.322 e. The average molecular weight is 580 g/mol. The maximum atomic E-state index is 14.5. The maximum Gasteiger partial charge on any atom is 0.237 e. The van der Waals surface area contributed by atoms with Crippen molar-refractivity contribution in [2.75, 3.05) is 11.1 Å². The van der Waals surface area contributed by atoms with E-state index in [0.717, 1.165) is 42.3 Å². The van der Waals surface area contributed by atoms with Crippen LogP contribution in [0.25, 0.3) is 21.8 Å². The van der Waals surface area contributed by atoms with Crippen molar-refractivity contribution >= 4 is 45.2 Å². The first-order valence-corrected chi connectivity index (χ1v) is 16.0. The highest BCUT2D eigenvalue weighted by Crippen LogP contribution is 2.28. The number of nitrogens with zero attached hydrogens (tertiary/aromatic N) is 2. The van der Waals surface area contributed by atoms with Crippen molar-refractivity contribution in [3.05, 3.63) is 78.6 Å². The second kappa shape index (κ2) is 18.4. The van der Waals surface area contributed by atoms with E-state index < -0.39 is 5.82 Å². The number of unbranched alkanes of at least 4 members (excludes halogenated alkanes) is 8. The smallest absolute Gasteiger partial charge is 0.237 e. The quantitative estimate of drug-likeness (QED) is 0.142. The summed E-state index contributed by atoms with van der Waals surface area (Å²) in [7, 11) is 0. The molecule has 4 rings (SSSR count). The topological polar surface area (TPSA) is 54.9 Å². The molecule has 1 atom stereocenters. The van der Waals surface area contributed by atoms with Gasteiger partial charge in [0.2, 0.25) is 5.91 Å². The lowest BCUT2D eigenvalue weighted by molar-refractivity contribution is -0.115. The summed E-state index contributed by atoms with van der Waals surface area (Å²) in [6.45, 7) is 4.42. The predicted octanol–water partition coefficient (Wildman–Crippen LogP) is 10.1. The van der Waals surface area contributed by atoms with Gasteiger partial charge in [0.05, 0.1) is 22.0 Å². The molecule has 0 fully saturated rings. The fraction of sp³-hybridized carbons (Fsp3) is 0.441. The number of anilines is 1. The van der Waals surface area contributed by atoms with Crippen LogP contribution in [0.15, 0.2) is 67.0 Å². The summed E-state index contributed by atoms with van der Waals surface area (Å²) in [6, 6.07) is 14.8. The number of pyridine rings is 2. The summed E-state index contributed by atoms with van der Waals surface area (Å²) in [5.74, 6) is 0.271. The van der Waals surface area contributed by atoms with Crippen molar-refractivity contribution in [2.45, 2.75) is 89.7 Å². The van der Waals surface area contributed by atoms with Crippen LogP contribution in [0.5, 0.6) is 0 Å². The number of hydrogen-bond acceptors (Lipinski definition) is 4. The summed E-state index contributed by atoms with van der Waals surface area (Å²) >= 11 is 1.73. The number of thioether (sulfide) groups is 1. The molecule has 0 saturated carbocycles. The fourth-order valence-corrected chi connectivity index (χ4v) is 5.86. The first-order chi connectivity index (χ1) is 20.0. The van der Waals surface area contributed by atoms with E-state index in [1.165, 1.54) is 63.1 Å². The van der Waals surface area contributed by atoms with Gasteiger partial charge in [0.25, 0.3) is 0 Å². The number of benzene rings is 2. The highest BCUT2D eigenvalue weighted by Gasteiger charge is 2.21. The largest absolute Gasteiger partial charge is 0.322 e. The summed E-state index contributed by atoms with van der Waals surface area (Å²) < 4.78 is 27.1. The summed E-state index contributed by atoms with van der Waals surface area (Å²) in [4.78, 5) is 21.4. The SMILES string of the molecule is CCCCCCCCC(SCCCCCC)C(=O)Nc1c(F)ccc2ncccc12.Fc1ccc2ncccc2c1. The Morgan fingerprint density at radius 2 is 1.46 bits per heavy atom. The Labute approximate surface area is 247 Å². The molecular weight excluding hydrogens is 536 g/mol. The third kappa shape index (κ3) is 11.0. The van der Waals surface area contributed by atoms with Gasteiger partial charge in [-0.15, -0.1) is 11.8 Å². The van der Waals surface area contributed by atoms with Gasteiger partial charge in [0.1, 0.15) is 11.6 Å². The minimum atomic E-state index is -0.407. The molecule has 0 radical (unpaired) electrons. The van der Waals surface area contributed by atoms with Gasteiger partial charge in [-0.2, -0.15) is 0 Å². The molecule has 0 aliphatic rings. The van der Waals surface area contributed by atoms with Crippen LogP contribution in [-0.2, 0) is 4.79 Å². The highest BCUT2D eigenvalue weighted by molar-refractivity contribution is 8.00. The van der Waals surface area contributed by atoms with Crippen LogP contribution in [-0.4, -0.2) is 26.9 Å². The van der Waals surface area contributed by atoms with Crippen molar-refractivity contribution in [1.29, 1.82) is 0 Å². The molecule has 0 spiro atoms. The van der Waals surface area contributed by atoms with Crippen LogP contribution >= 0.6 is 11.8 Å². The van der Waals surface area contributed by atoms with E-state index in [2.05, 4.69) is 29.1 Å². The molecular formula is C34H43F2N3OS. The fourth-order valence-electron chi connectivity index (χ4n) is 4.66. The van der Waals surface area contributed by atoms with E-state index in [1.54, 1.807) is 48.4 Å². The standard InChI is InChI=1S/C25H37FN2OS.C9H6FN/c1-3-5-7-9-10-11-15-23(30-19-12-8-6-4-2)25(29)28-24-20-14-13-18-27-22(20)17-16-21(24)26;10-8-3-4-9-7(6-8)2-1-5-11-9/h13-14,16-18,23H,3-12,15,19H2,1-2H3,(H,28,29);1-6H. The highest BCUT2D eigenvalue weighted by atomic mass is 32.2. The second-order valence-corrected chi connectivity index (χ2v) is 11.6. The first kappa shape index (κ1) is 32.5. The number of amides is 1. The zero-order valence-corrected chi connectivity index (χ0v) is 25.2. The molecule has 2 heterocycles. The van der Waals surface area contributed by atoms with Crippen LogP contribution in [0, 0.1) is 11.6 Å². The Balaban J connectivity index is 0.000000346. The average Bonchev–Trinajstić information content (AvgIpc) is 2.99.